The number of thioether (sulfide) groups is 1. The van der Waals surface area contributed by atoms with Gasteiger partial charge in [0, 0.05) is 30.1 Å². The largest absolute Gasteiger partial charge is 0.468 e. The number of morpholine rings is 1. The first-order chi connectivity index (χ1) is 12.2. The highest BCUT2D eigenvalue weighted by Gasteiger charge is 2.14. The molecule has 2 aromatic rings. The minimum absolute atomic E-state index is 0.156. The quantitative estimate of drug-likeness (QED) is 0.405. The fraction of sp³-hybridized carbons (Fsp3) is 0.444. The number of rotatable bonds is 8. The number of hydrogen-bond donors (Lipinski definition) is 0. The van der Waals surface area contributed by atoms with Crippen LogP contribution in [0.4, 0.5) is 5.69 Å². The van der Waals surface area contributed by atoms with Crippen molar-refractivity contribution in [2.24, 2.45) is 0 Å². The molecule has 7 heteroatoms. The molecule has 0 N–H and O–H groups in total. The van der Waals surface area contributed by atoms with Crippen molar-refractivity contribution in [2.45, 2.75) is 23.5 Å². The number of hydrogen-bond acceptors (Lipinski definition) is 6. The Morgan fingerprint density at radius 1 is 1.24 bits per heavy atom. The molecule has 0 atom stereocenters. The molecule has 3 rings (SSSR count). The highest BCUT2D eigenvalue weighted by atomic mass is 32.2. The van der Waals surface area contributed by atoms with Crippen LogP contribution < -0.4 is 0 Å². The van der Waals surface area contributed by atoms with E-state index in [1.54, 1.807) is 30.2 Å². The van der Waals surface area contributed by atoms with Gasteiger partial charge in [-0.05, 0) is 43.1 Å². The third-order valence-electron chi connectivity index (χ3n) is 4.23. The van der Waals surface area contributed by atoms with Gasteiger partial charge in [0.15, 0.2) is 0 Å². The zero-order chi connectivity index (χ0) is 17.5. The second-order valence-electron chi connectivity index (χ2n) is 5.97. The first-order valence-electron chi connectivity index (χ1n) is 8.45. The van der Waals surface area contributed by atoms with Crippen LogP contribution in [0, 0.1) is 10.1 Å². The molecule has 0 radical (unpaired) electrons. The molecule has 1 aliphatic rings. The van der Waals surface area contributed by atoms with E-state index in [0.29, 0.717) is 0 Å². The average molecular weight is 362 g/mol. The fourth-order valence-corrected chi connectivity index (χ4v) is 3.85. The minimum Gasteiger partial charge on any atom is -0.468 e. The molecule has 0 unspecified atom stereocenters. The Hall–Kier alpha value is -1.83. The van der Waals surface area contributed by atoms with Gasteiger partial charge >= 0.3 is 0 Å². The van der Waals surface area contributed by atoms with Gasteiger partial charge in [0.05, 0.1) is 30.2 Å². The molecule has 2 heterocycles. The Kier molecular flexibility index (Phi) is 6.49. The minimum atomic E-state index is -0.327. The van der Waals surface area contributed by atoms with E-state index in [1.807, 2.05) is 18.2 Å². The summed E-state index contributed by atoms with van der Waals surface area (Å²) in [6, 6.07) is 8.96. The van der Waals surface area contributed by atoms with E-state index >= 15 is 0 Å². The van der Waals surface area contributed by atoms with Crippen LogP contribution in [0.5, 0.6) is 0 Å². The van der Waals surface area contributed by atoms with Crippen molar-refractivity contribution in [3.05, 3.63) is 58.0 Å². The van der Waals surface area contributed by atoms with Gasteiger partial charge in [-0.2, -0.15) is 0 Å². The van der Waals surface area contributed by atoms with Crippen molar-refractivity contribution in [3.8, 4) is 0 Å². The van der Waals surface area contributed by atoms with Crippen LogP contribution in [0.2, 0.25) is 0 Å². The topological polar surface area (TPSA) is 68.8 Å². The molecule has 1 aliphatic heterocycles. The molecular formula is C18H22N2O4S. The normalized spacial score (nSPS) is 15.4. The van der Waals surface area contributed by atoms with Crippen LogP contribution in [0.1, 0.15) is 17.7 Å². The average Bonchev–Trinajstić information content (AvgIpc) is 3.15. The smallest absolute Gasteiger partial charge is 0.269 e. The SMILES string of the molecule is O=[N+]([O-])c1ccc(SCc2ccco2)c(CCCN2CCOCC2)c1. The van der Waals surface area contributed by atoms with Crippen molar-refractivity contribution in [2.75, 3.05) is 32.8 Å². The number of furan rings is 1. The molecule has 1 aromatic heterocycles. The maximum absolute atomic E-state index is 11.1. The van der Waals surface area contributed by atoms with Crippen molar-refractivity contribution < 1.29 is 14.1 Å². The zero-order valence-electron chi connectivity index (χ0n) is 14.1. The third kappa shape index (κ3) is 5.32. The molecule has 1 fully saturated rings. The molecule has 0 aliphatic carbocycles. The first kappa shape index (κ1) is 18.0. The first-order valence-corrected chi connectivity index (χ1v) is 9.43. The standard InChI is InChI=1S/C18H22N2O4S/c21-20(22)16-5-6-18(25-14-17-4-2-10-24-17)15(13-16)3-1-7-19-8-11-23-12-9-19/h2,4-6,10,13H,1,3,7-9,11-12,14H2. The molecule has 134 valence electrons. The van der Waals surface area contributed by atoms with Gasteiger partial charge in [0.2, 0.25) is 0 Å². The van der Waals surface area contributed by atoms with E-state index in [2.05, 4.69) is 4.90 Å². The van der Waals surface area contributed by atoms with Gasteiger partial charge in [-0.1, -0.05) is 0 Å². The van der Waals surface area contributed by atoms with Gasteiger partial charge in [-0.25, -0.2) is 0 Å². The molecule has 25 heavy (non-hydrogen) atoms. The summed E-state index contributed by atoms with van der Waals surface area (Å²) in [6.07, 6.45) is 3.48. The molecule has 1 saturated heterocycles. The highest BCUT2D eigenvalue weighted by Crippen LogP contribution is 2.30. The Labute approximate surface area is 151 Å². The summed E-state index contributed by atoms with van der Waals surface area (Å²) in [7, 11) is 0. The summed E-state index contributed by atoms with van der Waals surface area (Å²) in [5.41, 5.74) is 1.20. The van der Waals surface area contributed by atoms with Crippen LogP contribution in [0.15, 0.2) is 45.9 Å². The highest BCUT2D eigenvalue weighted by molar-refractivity contribution is 7.98. The maximum atomic E-state index is 11.1. The lowest BCUT2D eigenvalue weighted by Crippen LogP contribution is -2.36. The summed E-state index contributed by atoms with van der Waals surface area (Å²) in [4.78, 5) is 14.2. The van der Waals surface area contributed by atoms with Crippen LogP contribution in [-0.4, -0.2) is 42.7 Å². The van der Waals surface area contributed by atoms with Crippen molar-refractivity contribution in [1.29, 1.82) is 0 Å². The van der Waals surface area contributed by atoms with E-state index in [-0.39, 0.29) is 10.6 Å². The molecule has 0 spiro atoms. The second kappa shape index (κ2) is 9.03. The maximum Gasteiger partial charge on any atom is 0.269 e. The summed E-state index contributed by atoms with van der Waals surface area (Å²) in [5, 5.41) is 11.1. The Bertz CT molecular complexity index is 684. The number of aryl methyl sites for hydroxylation is 1. The van der Waals surface area contributed by atoms with Gasteiger partial charge in [0.25, 0.3) is 5.69 Å². The monoisotopic (exact) mass is 362 g/mol. The lowest BCUT2D eigenvalue weighted by atomic mass is 10.1. The summed E-state index contributed by atoms with van der Waals surface area (Å²) in [5.74, 6) is 1.63. The van der Waals surface area contributed by atoms with E-state index in [0.717, 1.165) is 67.7 Å². The summed E-state index contributed by atoms with van der Waals surface area (Å²) >= 11 is 1.66. The van der Waals surface area contributed by atoms with Crippen LogP contribution in [-0.2, 0) is 16.9 Å². The molecular weight excluding hydrogens is 340 g/mol. The molecule has 6 nitrogen and oxygen atoms in total. The second-order valence-corrected chi connectivity index (χ2v) is 6.99. The number of nitro benzene ring substituents is 1. The Morgan fingerprint density at radius 3 is 2.80 bits per heavy atom. The molecule has 0 saturated carbocycles. The Balaban J connectivity index is 1.62. The van der Waals surface area contributed by atoms with Crippen molar-refractivity contribution >= 4 is 17.4 Å². The van der Waals surface area contributed by atoms with E-state index < -0.39 is 0 Å². The van der Waals surface area contributed by atoms with Crippen LogP contribution in [0.25, 0.3) is 0 Å². The van der Waals surface area contributed by atoms with E-state index in [1.165, 1.54) is 0 Å². The molecule has 0 bridgehead atoms. The number of nitrogens with zero attached hydrogens (tertiary/aromatic N) is 2. The molecule has 1 aromatic carbocycles. The number of non-ortho nitro benzene ring substituents is 1. The van der Waals surface area contributed by atoms with Crippen LogP contribution in [0.3, 0.4) is 0 Å². The van der Waals surface area contributed by atoms with Crippen molar-refractivity contribution in [3.63, 3.8) is 0 Å². The lowest BCUT2D eigenvalue weighted by molar-refractivity contribution is -0.385. The van der Waals surface area contributed by atoms with Gasteiger partial charge in [-0.15, -0.1) is 11.8 Å². The van der Waals surface area contributed by atoms with Gasteiger partial charge in [-0.3, -0.25) is 15.0 Å². The van der Waals surface area contributed by atoms with Gasteiger partial charge < -0.3 is 9.15 Å². The van der Waals surface area contributed by atoms with E-state index in [4.69, 9.17) is 9.15 Å². The summed E-state index contributed by atoms with van der Waals surface area (Å²) in [6.45, 7) is 4.51. The zero-order valence-corrected chi connectivity index (χ0v) is 14.9. The third-order valence-corrected chi connectivity index (χ3v) is 5.37. The van der Waals surface area contributed by atoms with Gasteiger partial charge in [0.1, 0.15) is 5.76 Å². The number of nitro groups is 1. The lowest BCUT2D eigenvalue weighted by Gasteiger charge is -2.26. The number of benzene rings is 1. The fourth-order valence-electron chi connectivity index (χ4n) is 2.88. The van der Waals surface area contributed by atoms with E-state index in [9.17, 15) is 10.1 Å². The summed E-state index contributed by atoms with van der Waals surface area (Å²) < 4.78 is 10.7. The van der Waals surface area contributed by atoms with Crippen LogP contribution >= 0.6 is 11.8 Å². The predicted molar refractivity (Wildman–Crippen MR) is 96.9 cm³/mol. The predicted octanol–water partition coefficient (Wildman–Crippen LogP) is 3.74. The van der Waals surface area contributed by atoms with Crippen molar-refractivity contribution in [1.82, 2.24) is 4.90 Å². The molecule has 0 amide bonds. The number of ether oxygens (including phenoxy) is 1. The Morgan fingerprint density at radius 2 is 2.08 bits per heavy atom.